The molecule has 0 N–H and O–H groups in total. The van der Waals surface area contributed by atoms with Gasteiger partial charge in [-0.3, -0.25) is 0 Å². The summed E-state index contributed by atoms with van der Waals surface area (Å²) in [6.45, 7) is 0.781. The van der Waals surface area contributed by atoms with Gasteiger partial charge in [-0.1, -0.05) is 6.42 Å². The Hall–Kier alpha value is -0.830. The van der Waals surface area contributed by atoms with Crippen molar-refractivity contribution in [2.75, 3.05) is 19.5 Å². The summed E-state index contributed by atoms with van der Waals surface area (Å²) in [7, 11) is 1.67. The Balaban J connectivity index is 1.89. The van der Waals surface area contributed by atoms with Crippen LogP contribution in [-0.2, 0) is 0 Å². The molecule has 88 valence electrons. The van der Waals surface area contributed by atoms with Crippen LogP contribution in [0.1, 0.15) is 19.3 Å². The second-order valence-electron chi connectivity index (χ2n) is 4.48. The molecule has 16 heavy (non-hydrogen) atoms. The third-order valence-corrected chi connectivity index (χ3v) is 4.02. The van der Waals surface area contributed by atoms with Crippen molar-refractivity contribution in [3.63, 3.8) is 0 Å². The SMILES string of the molecule is COc1ccc(OCC2(CS)CCC2)cc1. The molecule has 1 fully saturated rings. The summed E-state index contributed by atoms with van der Waals surface area (Å²) >= 11 is 4.41. The van der Waals surface area contributed by atoms with Crippen molar-refractivity contribution in [3.8, 4) is 11.5 Å². The minimum Gasteiger partial charge on any atom is -0.497 e. The molecule has 0 saturated heterocycles. The third kappa shape index (κ3) is 2.46. The molecular weight excluding hydrogens is 220 g/mol. The molecule has 0 heterocycles. The van der Waals surface area contributed by atoms with Crippen LogP contribution < -0.4 is 9.47 Å². The first-order chi connectivity index (χ1) is 7.78. The summed E-state index contributed by atoms with van der Waals surface area (Å²) in [6, 6.07) is 7.74. The number of methoxy groups -OCH3 is 1. The Morgan fingerprint density at radius 2 is 1.81 bits per heavy atom. The highest BCUT2D eigenvalue weighted by Gasteiger charge is 2.36. The van der Waals surface area contributed by atoms with Crippen molar-refractivity contribution in [1.82, 2.24) is 0 Å². The van der Waals surface area contributed by atoms with Gasteiger partial charge in [0, 0.05) is 5.41 Å². The highest BCUT2D eigenvalue weighted by molar-refractivity contribution is 7.80. The van der Waals surface area contributed by atoms with Crippen molar-refractivity contribution in [1.29, 1.82) is 0 Å². The number of hydrogen-bond donors (Lipinski definition) is 1. The molecule has 1 aliphatic carbocycles. The summed E-state index contributed by atoms with van der Waals surface area (Å²) in [4.78, 5) is 0. The third-order valence-electron chi connectivity index (χ3n) is 3.35. The van der Waals surface area contributed by atoms with E-state index in [1.807, 2.05) is 24.3 Å². The normalized spacial score (nSPS) is 17.6. The Morgan fingerprint density at radius 3 is 2.25 bits per heavy atom. The molecule has 2 rings (SSSR count). The quantitative estimate of drug-likeness (QED) is 0.794. The first-order valence-electron chi connectivity index (χ1n) is 5.66. The summed E-state index contributed by atoms with van der Waals surface area (Å²) < 4.78 is 10.9. The first kappa shape index (κ1) is 11.6. The number of benzene rings is 1. The lowest BCUT2D eigenvalue weighted by Crippen LogP contribution is -2.37. The molecule has 0 atom stereocenters. The fourth-order valence-electron chi connectivity index (χ4n) is 1.93. The first-order valence-corrected chi connectivity index (χ1v) is 6.29. The molecule has 1 aliphatic rings. The Bertz CT molecular complexity index is 325. The lowest BCUT2D eigenvalue weighted by Gasteiger charge is -2.40. The smallest absolute Gasteiger partial charge is 0.119 e. The predicted octanol–water partition coefficient (Wildman–Crippen LogP) is 3.17. The summed E-state index contributed by atoms with van der Waals surface area (Å²) in [6.07, 6.45) is 3.80. The summed E-state index contributed by atoms with van der Waals surface area (Å²) in [5, 5.41) is 0. The van der Waals surface area contributed by atoms with E-state index in [4.69, 9.17) is 9.47 Å². The van der Waals surface area contributed by atoms with Gasteiger partial charge in [-0.05, 0) is 42.9 Å². The lowest BCUT2D eigenvalue weighted by atomic mass is 9.71. The minimum absolute atomic E-state index is 0.322. The monoisotopic (exact) mass is 238 g/mol. The van der Waals surface area contributed by atoms with Crippen LogP contribution in [0.3, 0.4) is 0 Å². The van der Waals surface area contributed by atoms with Gasteiger partial charge in [-0.15, -0.1) is 0 Å². The lowest BCUT2D eigenvalue weighted by molar-refractivity contribution is 0.0829. The molecule has 0 unspecified atom stereocenters. The number of hydrogen-bond acceptors (Lipinski definition) is 3. The van der Waals surface area contributed by atoms with E-state index >= 15 is 0 Å². The highest BCUT2D eigenvalue weighted by Crippen LogP contribution is 2.42. The van der Waals surface area contributed by atoms with Crippen molar-refractivity contribution in [2.45, 2.75) is 19.3 Å². The van der Waals surface area contributed by atoms with Gasteiger partial charge in [0.25, 0.3) is 0 Å². The van der Waals surface area contributed by atoms with E-state index in [9.17, 15) is 0 Å². The van der Waals surface area contributed by atoms with Crippen LogP contribution in [0.5, 0.6) is 11.5 Å². The van der Waals surface area contributed by atoms with E-state index in [0.29, 0.717) is 5.41 Å². The zero-order chi connectivity index (χ0) is 11.4. The van der Waals surface area contributed by atoms with Crippen LogP contribution in [0.25, 0.3) is 0 Å². The summed E-state index contributed by atoms with van der Waals surface area (Å²) in [5.41, 5.74) is 0.322. The van der Waals surface area contributed by atoms with E-state index in [1.165, 1.54) is 19.3 Å². The topological polar surface area (TPSA) is 18.5 Å². The van der Waals surface area contributed by atoms with E-state index < -0.39 is 0 Å². The van der Waals surface area contributed by atoms with Gasteiger partial charge in [0.2, 0.25) is 0 Å². The molecule has 0 amide bonds. The van der Waals surface area contributed by atoms with Crippen LogP contribution in [0.2, 0.25) is 0 Å². The Morgan fingerprint density at radius 1 is 1.19 bits per heavy atom. The average molecular weight is 238 g/mol. The second-order valence-corrected chi connectivity index (χ2v) is 4.79. The van der Waals surface area contributed by atoms with Crippen molar-refractivity contribution in [3.05, 3.63) is 24.3 Å². The zero-order valence-electron chi connectivity index (χ0n) is 9.61. The molecule has 0 bridgehead atoms. The van der Waals surface area contributed by atoms with Crippen LogP contribution >= 0.6 is 12.6 Å². The van der Waals surface area contributed by atoms with Crippen LogP contribution in [0, 0.1) is 5.41 Å². The molecule has 1 aromatic rings. The van der Waals surface area contributed by atoms with Gasteiger partial charge in [-0.25, -0.2) is 0 Å². The van der Waals surface area contributed by atoms with Crippen LogP contribution in [0.15, 0.2) is 24.3 Å². The molecule has 0 aliphatic heterocycles. The molecular formula is C13H18O2S. The maximum atomic E-state index is 5.80. The molecule has 0 aromatic heterocycles. The fraction of sp³-hybridized carbons (Fsp3) is 0.538. The average Bonchev–Trinajstić information content (AvgIpc) is 2.29. The Labute approximate surface area is 102 Å². The second kappa shape index (κ2) is 5.00. The predicted molar refractivity (Wildman–Crippen MR) is 68.6 cm³/mol. The van der Waals surface area contributed by atoms with E-state index in [-0.39, 0.29) is 0 Å². The van der Waals surface area contributed by atoms with E-state index in [1.54, 1.807) is 7.11 Å². The number of rotatable bonds is 5. The molecule has 1 saturated carbocycles. The van der Waals surface area contributed by atoms with Gasteiger partial charge in [0.15, 0.2) is 0 Å². The van der Waals surface area contributed by atoms with Gasteiger partial charge in [0.1, 0.15) is 11.5 Å². The summed E-state index contributed by atoms with van der Waals surface area (Å²) in [5.74, 6) is 2.69. The fourth-order valence-corrected chi connectivity index (χ4v) is 2.34. The number of ether oxygens (including phenoxy) is 2. The molecule has 3 heteroatoms. The standard InChI is InChI=1S/C13H18O2S/c1-14-11-3-5-12(6-4-11)15-9-13(10-16)7-2-8-13/h3-6,16H,2,7-10H2,1H3. The molecule has 0 radical (unpaired) electrons. The van der Waals surface area contributed by atoms with E-state index in [2.05, 4.69) is 12.6 Å². The van der Waals surface area contributed by atoms with Gasteiger partial charge >= 0.3 is 0 Å². The largest absolute Gasteiger partial charge is 0.497 e. The van der Waals surface area contributed by atoms with Gasteiger partial charge in [0.05, 0.1) is 13.7 Å². The van der Waals surface area contributed by atoms with Gasteiger partial charge < -0.3 is 9.47 Å². The van der Waals surface area contributed by atoms with E-state index in [0.717, 1.165) is 23.9 Å². The maximum absolute atomic E-state index is 5.80. The minimum atomic E-state index is 0.322. The van der Waals surface area contributed by atoms with Crippen LogP contribution in [0.4, 0.5) is 0 Å². The highest BCUT2D eigenvalue weighted by atomic mass is 32.1. The van der Waals surface area contributed by atoms with Crippen molar-refractivity contribution < 1.29 is 9.47 Å². The number of thiol groups is 1. The van der Waals surface area contributed by atoms with Gasteiger partial charge in [-0.2, -0.15) is 12.6 Å². The molecule has 0 spiro atoms. The zero-order valence-corrected chi connectivity index (χ0v) is 10.5. The molecule has 1 aromatic carbocycles. The van der Waals surface area contributed by atoms with Crippen LogP contribution in [-0.4, -0.2) is 19.5 Å². The van der Waals surface area contributed by atoms with Crippen molar-refractivity contribution >= 4 is 12.6 Å². The Kier molecular flexibility index (Phi) is 3.64. The molecule has 2 nitrogen and oxygen atoms in total. The maximum Gasteiger partial charge on any atom is 0.119 e. The van der Waals surface area contributed by atoms with Crippen molar-refractivity contribution in [2.24, 2.45) is 5.41 Å².